The fourth-order valence-electron chi connectivity index (χ4n) is 1.83. The summed E-state index contributed by atoms with van der Waals surface area (Å²) in [6.45, 7) is 1.36. The lowest BCUT2D eigenvalue weighted by Gasteiger charge is -2.12. The van der Waals surface area contributed by atoms with Crippen LogP contribution in [0, 0.1) is 10.1 Å². The molecule has 1 atom stereocenters. The molecule has 0 spiro atoms. The molecule has 0 aromatic heterocycles. The molecule has 0 amide bonds. The lowest BCUT2D eigenvalue weighted by molar-refractivity contribution is -0.383. The highest BCUT2D eigenvalue weighted by molar-refractivity contribution is 6.30. The van der Waals surface area contributed by atoms with E-state index in [1.165, 1.54) is 6.07 Å². The highest BCUT2D eigenvalue weighted by Crippen LogP contribution is 2.28. The van der Waals surface area contributed by atoms with Gasteiger partial charge in [-0.2, -0.15) is 0 Å². The molecule has 0 saturated carbocycles. The molecule has 0 aliphatic carbocycles. The third-order valence-corrected chi connectivity index (χ3v) is 2.94. The van der Waals surface area contributed by atoms with Gasteiger partial charge in [0, 0.05) is 24.2 Å². The largest absolute Gasteiger partial charge is 0.377 e. The Labute approximate surface area is 104 Å². The molecule has 1 fully saturated rings. The van der Waals surface area contributed by atoms with Crippen molar-refractivity contribution in [2.75, 3.05) is 18.5 Å². The van der Waals surface area contributed by atoms with Crippen molar-refractivity contribution in [2.24, 2.45) is 0 Å². The smallest absolute Gasteiger partial charge is 0.293 e. The van der Waals surface area contributed by atoms with Crippen molar-refractivity contribution in [3.63, 3.8) is 0 Å². The van der Waals surface area contributed by atoms with E-state index in [9.17, 15) is 10.1 Å². The average Bonchev–Trinajstić information content (AvgIpc) is 2.80. The first-order valence-corrected chi connectivity index (χ1v) is 5.84. The Morgan fingerprint density at radius 2 is 2.41 bits per heavy atom. The fraction of sp³-hybridized carbons (Fsp3) is 0.455. The molecule has 2 rings (SSSR count). The quantitative estimate of drug-likeness (QED) is 0.665. The van der Waals surface area contributed by atoms with Crippen LogP contribution in [0.4, 0.5) is 11.4 Å². The standard InChI is InChI=1S/C11H13ClN2O3/c12-8-3-4-10(11(6-8)14(15)16)13-7-9-2-1-5-17-9/h3-4,6,9,13H,1-2,5,7H2. The van der Waals surface area contributed by atoms with Crippen LogP contribution >= 0.6 is 11.6 Å². The van der Waals surface area contributed by atoms with Gasteiger partial charge in [0.25, 0.3) is 5.69 Å². The van der Waals surface area contributed by atoms with Gasteiger partial charge in [0.05, 0.1) is 11.0 Å². The van der Waals surface area contributed by atoms with E-state index in [-0.39, 0.29) is 11.8 Å². The fourth-order valence-corrected chi connectivity index (χ4v) is 2.00. The van der Waals surface area contributed by atoms with Crippen LogP contribution in [0.1, 0.15) is 12.8 Å². The molecule has 0 radical (unpaired) electrons. The summed E-state index contributed by atoms with van der Waals surface area (Å²) in [5.74, 6) is 0. The zero-order chi connectivity index (χ0) is 12.3. The Bertz CT molecular complexity index is 419. The minimum atomic E-state index is -0.441. The molecule has 92 valence electrons. The van der Waals surface area contributed by atoms with Crippen molar-refractivity contribution >= 4 is 23.0 Å². The molecule has 1 heterocycles. The second-order valence-electron chi connectivity index (χ2n) is 3.93. The Kier molecular flexibility index (Phi) is 3.81. The lowest BCUT2D eigenvalue weighted by atomic mass is 10.2. The number of ether oxygens (including phenoxy) is 1. The summed E-state index contributed by atoms with van der Waals surface area (Å²) in [5.41, 5.74) is 0.477. The number of rotatable bonds is 4. The number of nitro benzene ring substituents is 1. The Balaban J connectivity index is 2.06. The van der Waals surface area contributed by atoms with E-state index in [0.29, 0.717) is 17.3 Å². The van der Waals surface area contributed by atoms with E-state index in [1.54, 1.807) is 12.1 Å². The molecule has 1 aromatic rings. The van der Waals surface area contributed by atoms with Gasteiger partial charge in [-0.05, 0) is 25.0 Å². The number of hydrogen-bond acceptors (Lipinski definition) is 4. The Hall–Kier alpha value is -1.33. The molecule has 1 saturated heterocycles. The predicted molar refractivity (Wildman–Crippen MR) is 65.6 cm³/mol. The zero-order valence-electron chi connectivity index (χ0n) is 9.19. The molecule has 1 aliphatic heterocycles. The van der Waals surface area contributed by atoms with E-state index in [4.69, 9.17) is 16.3 Å². The van der Waals surface area contributed by atoms with Gasteiger partial charge in [0.1, 0.15) is 5.69 Å². The van der Waals surface area contributed by atoms with Crippen LogP contribution in [-0.4, -0.2) is 24.2 Å². The monoisotopic (exact) mass is 256 g/mol. The lowest BCUT2D eigenvalue weighted by Crippen LogP contribution is -2.18. The van der Waals surface area contributed by atoms with Crippen molar-refractivity contribution < 1.29 is 9.66 Å². The average molecular weight is 257 g/mol. The molecular formula is C11H13ClN2O3. The Morgan fingerprint density at radius 3 is 3.06 bits per heavy atom. The molecular weight excluding hydrogens is 244 g/mol. The minimum absolute atomic E-state index is 0.00417. The summed E-state index contributed by atoms with van der Waals surface area (Å²) in [6.07, 6.45) is 2.19. The van der Waals surface area contributed by atoms with Crippen LogP contribution in [0.3, 0.4) is 0 Å². The van der Waals surface area contributed by atoms with Gasteiger partial charge < -0.3 is 10.1 Å². The maximum absolute atomic E-state index is 10.8. The summed E-state index contributed by atoms with van der Waals surface area (Å²) < 4.78 is 5.44. The van der Waals surface area contributed by atoms with Crippen LogP contribution in [-0.2, 0) is 4.74 Å². The normalized spacial score (nSPS) is 19.2. The van der Waals surface area contributed by atoms with Crippen LogP contribution < -0.4 is 5.32 Å². The van der Waals surface area contributed by atoms with Gasteiger partial charge >= 0.3 is 0 Å². The number of nitro groups is 1. The van der Waals surface area contributed by atoms with Gasteiger partial charge in [0.2, 0.25) is 0 Å². The first-order valence-electron chi connectivity index (χ1n) is 5.46. The topological polar surface area (TPSA) is 64.4 Å². The summed E-state index contributed by atoms with van der Waals surface area (Å²) >= 11 is 5.73. The second-order valence-corrected chi connectivity index (χ2v) is 4.37. The minimum Gasteiger partial charge on any atom is -0.377 e. The van der Waals surface area contributed by atoms with Crippen LogP contribution in [0.5, 0.6) is 0 Å². The molecule has 1 N–H and O–H groups in total. The Morgan fingerprint density at radius 1 is 1.59 bits per heavy atom. The summed E-state index contributed by atoms with van der Waals surface area (Å²) in [6, 6.07) is 4.60. The number of halogens is 1. The second kappa shape index (κ2) is 5.33. The molecule has 5 nitrogen and oxygen atoms in total. The number of anilines is 1. The highest BCUT2D eigenvalue weighted by atomic mass is 35.5. The number of benzene rings is 1. The van der Waals surface area contributed by atoms with E-state index < -0.39 is 4.92 Å². The number of nitrogens with zero attached hydrogens (tertiary/aromatic N) is 1. The molecule has 1 aliphatic rings. The van der Waals surface area contributed by atoms with Crippen molar-refractivity contribution in [1.82, 2.24) is 0 Å². The summed E-state index contributed by atoms with van der Waals surface area (Å²) in [5, 5.41) is 14.2. The van der Waals surface area contributed by atoms with Crippen LogP contribution in [0.2, 0.25) is 5.02 Å². The summed E-state index contributed by atoms with van der Waals surface area (Å²) in [7, 11) is 0. The SMILES string of the molecule is O=[N+]([O-])c1cc(Cl)ccc1NCC1CCCO1. The van der Waals surface area contributed by atoms with Gasteiger partial charge in [0.15, 0.2) is 0 Å². The maximum Gasteiger partial charge on any atom is 0.293 e. The molecule has 1 unspecified atom stereocenters. The van der Waals surface area contributed by atoms with Crippen LogP contribution in [0.15, 0.2) is 18.2 Å². The molecule has 0 bridgehead atoms. The maximum atomic E-state index is 10.8. The van der Waals surface area contributed by atoms with Crippen molar-refractivity contribution in [2.45, 2.75) is 18.9 Å². The first kappa shape index (κ1) is 12.1. The van der Waals surface area contributed by atoms with E-state index in [2.05, 4.69) is 5.32 Å². The summed E-state index contributed by atoms with van der Waals surface area (Å²) in [4.78, 5) is 10.4. The van der Waals surface area contributed by atoms with Gasteiger partial charge in [-0.15, -0.1) is 0 Å². The van der Waals surface area contributed by atoms with Crippen molar-refractivity contribution in [3.05, 3.63) is 33.3 Å². The third kappa shape index (κ3) is 3.08. The van der Waals surface area contributed by atoms with Crippen molar-refractivity contribution in [3.8, 4) is 0 Å². The van der Waals surface area contributed by atoms with Gasteiger partial charge in [-0.1, -0.05) is 11.6 Å². The van der Waals surface area contributed by atoms with E-state index in [1.807, 2.05) is 0 Å². The molecule has 6 heteroatoms. The predicted octanol–water partition coefficient (Wildman–Crippen LogP) is 2.84. The molecule has 17 heavy (non-hydrogen) atoms. The number of hydrogen-bond donors (Lipinski definition) is 1. The number of nitrogens with one attached hydrogen (secondary N) is 1. The first-order chi connectivity index (χ1) is 8.16. The van der Waals surface area contributed by atoms with Gasteiger partial charge in [-0.3, -0.25) is 10.1 Å². The van der Waals surface area contributed by atoms with Crippen LogP contribution in [0.25, 0.3) is 0 Å². The highest BCUT2D eigenvalue weighted by Gasteiger charge is 2.18. The van der Waals surface area contributed by atoms with E-state index in [0.717, 1.165) is 19.4 Å². The van der Waals surface area contributed by atoms with Gasteiger partial charge in [-0.25, -0.2) is 0 Å². The third-order valence-electron chi connectivity index (χ3n) is 2.70. The zero-order valence-corrected chi connectivity index (χ0v) is 9.94. The van der Waals surface area contributed by atoms with Crippen molar-refractivity contribution in [1.29, 1.82) is 0 Å². The molecule has 1 aromatic carbocycles. The van der Waals surface area contributed by atoms with E-state index >= 15 is 0 Å².